The highest BCUT2D eigenvalue weighted by Crippen LogP contribution is 2.35. The first-order chi connectivity index (χ1) is 19.3. The number of fused-ring (bicyclic) bond motifs is 2. The third-order valence-electron chi connectivity index (χ3n) is 7.74. The van der Waals surface area contributed by atoms with E-state index in [4.69, 9.17) is 10.1 Å². The van der Waals surface area contributed by atoms with Crippen LogP contribution in [0.2, 0.25) is 0 Å². The van der Waals surface area contributed by atoms with Gasteiger partial charge in [-0.05, 0) is 42.5 Å². The first-order valence-electron chi connectivity index (χ1n) is 14.0. The first-order valence-corrected chi connectivity index (χ1v) is 14.0. The molecule has 2 aliphatic rings. The Labute approximate surface area is 256 Å². The van der Waals surface area contributed by atoms with Crippen LogP contribution in [0, 0.1) is 11.7 Å². The minimum Gasteiger partial charge on any atom is -0.481 e. The number of anilines is 2. The van der Waals surface area contributed by atoms with Crippen molar-refractivity contribution in [3.05, 3.63) is 59.3 Å². The maximum absolute atomic E-state index is 14.9. The second-order valence-corrected chi connectivity index (χ2v) is 10.6. The van der Waals surface area contributed by atoms with Gasteiger partial charge in [-0.3, -0.25) is 14.4 Å². The number of aliphatic carboxylic acids is 1. The van der Waals surface area contributed by atoms with E-state index in [9.17, 15) is 9.18 Å². The molecule has 0 amide bonds. The van der Waals surface area contributed by atoms with Crippen LogP contribution in [0.5, 0.6) is 0 Å². The molecule has 1 aliphatic carbocycles. The van der Waals surface area contributed by atoms with Gasteiger partial charge in [0.25, 0.3) is 0 Å². The molecule has 0 bridgehead atoms. The maximum atomic E-state index is 14.9. The molecular weight excluding hydrogens is 636 g/mol. The number of nitrogens with one attached hydrogen (secondary N) is 1. The summed E-state index contributed by atoms with van der Waals surface area (Å²) >= 11 is 0. The minimum absolute atomic E-state index is 0. The Balaban J connectivity index is 0.00000126. The molecule has 11 heteroatoms. The van der Waals surface area contributed by atoms with Gasteiger partial charge in [-0.1, -0.05) is 39.8 Å². The van der Waals surface area contributed by atoms with Gasteiger partial charge in [0.15, 0.2) is 5.82 Å². The number of aromatic nitrogens is 5. The Kier molecular flexibility index (Phi) is 9.58. The van der Waals surface area contributed by atoms with Crippen LogP contribution < -0.4 is 5.32 Å². The molecule has 0 unspecified atom stereocenters. The fraction of sp³-hybridized carbons (Fsp3) is 0.433. The fourth-order valence-corrected chi connectivity index (χ4v) is 5.70. The Morgan fingerprint density at radius 3 is 2.61 bits per heavy atom. The summed E-state index contributed by atoms with van der Waals surface area (Å²) in [6, 6.07) is 9.92. The van der Waals surface area contributed by atoms with E-state index in [0.29, 0.717) is 30.3 Å². The molecular formula is C30H37FIN7O2. The SMILES string of the molecule is CC.CC(C)c1c2cc(-c3nc(Nc4ccc5c(n4)CCN(C4CC(C(=O)O)C4)C5)ncc3F)ccc2nn1C.I. The van der Waals surface area contributed by atoms with Crippen LogP contribution in [0.4, 0.5) is 16.2 Å². The Morgan fingerprint density at radius 1 is 1.15 bits per heavy atom. The minimum atomic E-state index is -0.694. The van der Waals surface area contributed by atoms with Gasteiger partial charge >= 0.3 is 5.97 Å². The second-order valence-electron chi connectivity index (χ2n) is 10.6. The zero-order chi connectivity index (χ0) is 28.6. The molecule has 0 spiro atoms. The number of carbonyl (C=O) groups is 1. The summed E-state index contributed by atoms with van der Waals surface area (Å²) in [6.45, 7) is 9.85. The summed E-state index contributed by atoms with van der Waals surface area (Å²) in [6.07, 6.45) is 3.40. The van der Waals surface area contributed by atoms with E-state index in [1.54, 1.807) is 0 Å². The Hall–Kier alpha value is -3.19. The van der Waals surface area contributed by atoms with Crippen molar-refractivity contribution in [2.24, 2.45) is 13.0 Å². The number of halogens is 2. The average Bonchev–Trinajstić information content (AvgIpc) is 3.25. The van der Waals surface area contributed by atoms with E-state index in [0.717, 1.165) is 47.4 Å². The van der Waals surface area contributed by atoms with Crippen LogP contribution in [0.15, 0.2) is 36.5 Å². The van der Waals surface area contributed by atoms with Crippen molar-refractivity contribution in [2.75, 3.05) is 11.9 Å². The molecule has 41 heavy (non-hydrogen) atoms. The lowest BCUT2D eigenvalue weighted by Gasteiger charge is -2.43. The van der Waals surface area contributed by atoms with Crippen LogP contribution in [0.3, 0.4) is 0 Å². The number of carboxylic acids is 1. The monoisotopic (exact) mass is 673 g/mol. The van der Waals surface area contributed by atoms with Gasteiger partial charge in [0.05, 0.1) is 17.6 Å². The maximum Gasteiger partial charge on any atom is 0.306 e. The molecule has 2 N–H and O–H groups in total. The van der Waals surface area contributed by atoms with Gasteiger partial charge in [-0.15, -0.1) is 24.0 Å². The summed E-state index contributed by atoms with van der Waals surface area (Å²) < 4.78 is 16.7. The van der Waals surface area contributed by atoms with Gasteiger partial charge in [-0.25, -0.2) is 19.3 Å². The smallest absolute Gasteiger partial charge is 0.306 e. The summed E-state index contributed by atoms with van der Waals surface area (Å²) in [7, 11) is 1.92. The van der Waals surface area contributed by atoms with Gasteiger partial charge in [-0.2, -0.15) is 5.10 Å². The van der Waals surface area contributed by atoms with Gasteiger partial charge in [0.1, 0.15) is 11.5 Å². The Morgan fingerprint density at radius 2 is 1.90 bits per heavy atom. The molecule has 4 aromatic rings. The molecule has 4 heterocycles. The van der Waals surface area contributed by atoms with Gasteiger partial charge in [0.2, 0.25) is 5.95 Å². The predicted octanol–water partition coefficient (Wildman–Crippen LogP) is 6.30. The van der Waals surface area contributed by atoms with E-state index in [-0.39, 0.29) is 47.5 Å². The lowest BCUT2D eigenvalue weighted by molar-refractivity contribution is -0.147. The third kappa shape index (κ3) is 6.20. The predicted molar refractivity (Wildman–Crippen MR) is 168 cm³/mol. The number of pyridine rings is 1. The molecule has 1 aliphatic heterocycles. The molecule has 6 rings (SSSR count). The van der Waals surface area contributed by atoms with E-state index >= 15 is 0 Å². The zero-order valence-electron chi connectivity index (χ0n) is 24.1. The van der Waals surface area contributed by atoms with Gasteiger partial charge < -0.3 is 10.4 Å². The largest absolute Gasteiger partial charge is 0.481 e. The number of benzene rings is 1. The summed E-state index contributed by atoms with van der Waals surface area (Å²) in [4.78, 5) is 26.9. The molecule has 0 saturated heterocycles. The number of aryl methyl sites for hydroxylation is 1. The number of nitrogens with zero attached hydrogens (tertiary/aromatic N) is 6. The van der Waals surface area contributed by atoms with E-state index in [1.807, 2.05) is 55.9 Å². The van der Waals surface area contributed by atoms with Crippen molar-refractivity contribution in [1.29, 1.82) is 0 Å². The molecule has 0 atom stereocenters. The Bertz CT molecular complexity index is 1550. The zero-order valence-corrected chi connectivity index (χ0v) is 26.4. The van der Waals surface area contributed by atoms with E-state index < -0.39 is 11.8 Å². The fourth-order valence-electron chi connectivity index (χ4n) is 5.70. The van der Waals surface area contributed by atoms with Crippen LogP contribution >= 0.6 is 24.0 Å². The highest BCUT2D eigenvalue weighted by atomic mass is 127. The van der Waals surface area contributed by atoms with Crippen molar-refractivity contribution in [3.63, 3.8) is 0 Å². The van der Waals surface area contributed by atoms with Crippen molar-refractivity contribution < 1.29 is 14.3 Å². The molecule has 3 aromatic heterocycles. The van der Waals surface area contributed by atoms with Crippen LogP contribution in [0.25, 0.3) is 22.2 Å². The number of hydrogen-bond acceptors (Lipinski definition) is 7. The number of hydrogen-bond donors (Lipinski definition) is 2. The molecule has 9 nitrogen and oxygen atoms in total. The van der Waals surface area contributed by atoms with Crippen LogP contribution in [-0.4, -0.2) is 53.3 Å². The lowest BCUT2D eigenvalue weighted by Crippen LogP contribution is -2.48. The second kappa shape index (κ2) is 12.8. The molecule has 0 radical (unpaired) electrons. The van der Waals surface area contributed by atoms with E-state index in [1.165, 1.54) is 6.20 Å². The van der Waals surface area contributed by atoms with E-state index in [2.05, 4.69) is 39.1 Å². The van der Waals surface area contributed by atoms with Crippen LogP contribution in [0.1, 0.15) is 63.4 Å². The molecule has 1 fully saturated rings. The number of rotatable bonds is 6. The summed E-state index contributed by atoms with van der Waals surface area (Å²) in [5.41, 5.74) is 4.98. The van der Waals surface area contributed by atoms with Crippen molar-refractivity contribution in [3.8, 4) is 11.3 Å². The van der Waals surface area contributed by atoms with Gasteiger partial charge in [0, 0.05) is 54.9 Å². The summed E-state index contributed by atoms with van der Waals surface area (Å²) in [5.74, 6) is -0.255. The normalized spacial score (nSPS) is 18.1. The highest BCUT2D eigenvalue weighted by Gasteiger charge is 2.38. The molecule has 218 valence electrons. The summed E-state index contributed by atoms with van der Waals surface area (Å²) in [5, 5.41) is 17.9. The topological polar surface area (TPSA) is 109 Å². The first kappa shape index (κ1) is 30.8. The highest BCUT2D eigenvalue weighted by molar-refractivity contribution is 14.0. The van der Waals surface area contributed by atoms with Crippen LogP contribution in [-0.2, 0) is 24.8 Å². The average molecular weight is 674 g/mol. The standard InChI is InChI=1S/C28H30FN7O2.C2H6.HI/c1-15(2)26-20-12-16(4-6-23(20)34-35(26)3)25-21(29)13-30-28(33-25)32-24-7-5-17-14-36(9-8-22(17)31-24)19-10-18(11-19)27(37)38;1-2;/h4-7,12-13,15,18-19H,8-11,14H2,1-3H3,(H,37,38)(H,30,31,32,33);1-2H3;1H. The van der Waals surface area contributed by atoms with Crippen molar-refractivity contribution in [2.45, 2.75) is 65.5 Å². The van der Waals surface area contributed by atoms with Crippen molar-refractivity contribution in [1.82, 2.24) is 29.6 Å². The quantitative estimate of drug-likeness (QED) is 0.230. The third-order valence-corrected chi connectivity index (χ3v) is 7.74. The number of carboxylic acid groups (broad SMARTS) is 1. The lowest BCUT2D eigenvalue weighted by atomic mass is 9.78. The molecule has 1 aromatic carbocycles. The molecule has 1 saturated carbocycles. The van der Waals surface area contributed by atoms with Crippen molar-refractivity contribution >= 4 is 52.6 Å².